The van der Waals surface area contributed by atoms with Gasteiger partial charge in [0.1, 0.15) is 11.6 Å². The summed E-state index contributed by atoms with van der Waals surface area (Å²) in [6, 6.07) is 10.7. The van der Waals surface area contributed by atoms with Crippen molar-refractivity contribution in [3.05, 3.63) is 95.2 Å². The molecule has 3 heterocycles. The summed E-state index contributed by atoms with van der Waals surface area (Å²) in [6.45, 7) is 0. The summed E-state index contributed by atoms with van der Waals surface area (Å²) in [4.78, 5) is 46.8. The number of carboxylic acids is 3. The Hall–Kier alpha value is -4.14. The molecule has 3 rings (SSSR count). The van der Waals surface area contributed by atoms with E-state index < -0.39 is 23.8 Å². The quantitative estimate of drug-likeness (QED) is 0.512. The van der Waals surface area contributed by atoms with Gasteiger partial charge in [-0.1, -0.05) is 12.1 Å². The van der Waals surface area contributed by atoms with Gasteiger partial charge in [0.2, 0.25) is 0 Å². The highest BCUT2D eigenvalue weighted by Gasteiger charge is 2.28. The number of aromatic nitrogens is 3. The summed E-state index contributed by atoms with van der Waals surface area (Å²) in [5.74, 6) is -4.99. The Labute approximate surface area is 170 Å². The third kappa shape index (κ3) is 4.64. The normalized spacial score (nSPS) is 11.6. The van der Waals surface area contributed by atoms with Gasteiger partial charge in [0, 0.05) is 30.2 Å². The van der Waals surface area contributed by atoms with Gasteiger partial charge in [-0.15, -0.1) is 0 Å². The molecule has 1 unspecified atom stereocenters. The number of hydrogen-bond donors (Lipinski definition) is 3. The van der Waals surface area contributed by atoms with Crippen LogP contribution in [0.15, 0.2) is 54.9 Å². The number of rotatable bonds is 8. The number of hydrogen-bond acceptors (Lipinski definition) is 6. The lowest BCUT2D eigenvalue weighted by atomic mass is 9.91. The molecule has 30 heavy (non-hydrogen) atoms. The van der Waals surface area contributed by atoms with Gasteiger partial charge in [-0.2, -0.15) is 0 Å². The number of aliphatic carboxylic acids is 1. The van der Waals surface area contributed by atoms with Crippen molar-refractivity contribution in [2.45, 2.75) is 12.3 Å². The van der Waals surface area contributed by atoms with E-state index in [9.17, 15) is 24.6 Å². The fourth-order valence-corrected chi connectivity index (χ4v) is 2.90. The van der Waals surface area contributed by atoms with Crippen molar-refractivity contribution < 1.29 is 29.7 Å². The van der Waals surface area contributed by atoms with Crippen LogP contribution in [0.4, 0.5) is 0 Å². The molecule has 0 aromatic carbocycles. The number of carbonyl (C=O) groups is 3. The molecule has 3 N–H and O–H groups in total. The molecule has 0 amide bonds. The van der Waals surface area contributed by atoms with Gasteiger partial charge in [-0.05, 0) is 42.3 Å². The molecule has 0 aliphatic rings. The predicted octanol–water partition coefficient (Wildman–Crippen LogP) is 2.28. The second kappa shape index (κ2) is 8.91. The van der Waals surface area contributed by atoms with Crippen LogP contribution in [0.25, 0.3) is 0 Å². The first-order valence-corrected chi connectivity index (χ1v) is 8.76. The molecule has 0 saturated carbocycles. The highest BCUT2D eigenvalue weighted by atomic mass is 16.4. The van der Waals surface area contributed by atoms with Crippen LogP contribution in [-0.4, -0.2) is 48.2 Å². The van der Waals surface area contributed by atoms with Gasteiger partial charge >= 0.3 is 17.9 Å². The van der Waals surface area contributed by atoms with Crippen LogP contribution in [0, 0.1) is 6.42 Å². The van der Waals surface area contributed by atoms with Crippen LogP contribution in [0.5, 0.6) is 0 Å². The molecule has 3 aromatic heterocycles. The van der Waals surface area contributed by atoms with Crippen molar-refractivity contribution in [3.8, 4) is 0 Å². The predicted molar refractivity (Wildman–Crippen MR) is 103 cm³/mol. The first-order valence-electron chi connectivity index (χ1n) is 8.76. The van der Waals surface area contributed by atoms with E-state index in [1.165, 1.54) is 24.4 Å². The molecular weight excluding hydrogens is 390 g/mol. The minimum absolute atomic E-state index is 0.0437. The second-order valence-corrected chi connectivity index (χ2v) is 6.25. The third-order valence-corrected chi connectivity index (χ3v) is 4.28. The van der Waals surface area contributed by atoms with E-state index in [0.29, 0.717) is 11.4 Å². The lowest BCUT2D eigenvalue weighted by Crippen LogP contribution is -2.19. The monoisotopic (exact) mass is 406 g/mol. The Bertz CT molecular complexity index is 1100. The minimum Gasteiger partial charge on any atom is -0.480 e. The highest BCUT2D eigenvalue weighted by Crippen LogP contribution is 2.27. The molecule has 9 heteroatoms. The van der Waals surface area contributed by atoms with E-state index in [-0.39, 0.29) is 28.9 Å². The summed E-state index contributed by atoms with van der Waals surface area (Å²) in [6.07, 6.45) is 4.37. The van der Waals surface area contributed by atoms with Gasteiger partial charge in [-0.25, -0.2) is 14.6 Å². The first-order chi connectivity index (χ1) is 14.4. The fraction of sp³-hybridized carbons (Fsp3) is 0.0952. The standard InChI is InChI=1S/C21H16N3O6/c25-19(26)15-11-23-13(8-7-12-4-3-6-17(24-12)20(27)28)10-14(15)18(21(29)30)16-5-1-2-9-22-16/h1-6,8-11,18H,7H2,(H,25,26)(H,27,28)(H,29,30). The van der Waals surface area contributed by atoms with E-state index in [4.69, 9.17) is 5.11 Å². The topological polar surface area (TPSA) is 151 Å². The zero-order valence-electron chi connectivity index (χ0n) is 15.5. The third-order valence-electron chi connectivity index (χ3n) is 4.28. The van der Waals surface area contributed by atoms with Crippen molar-refractivity contribution in [1.82, 2.24) is 15.0 Å². The molecule has 1 atom stereocenters. The largest absolute Gasteiger partial charge is 0.480 e. The molecule has 0 spiro atoms. The second-order valence-electron chi connectivity index (χ2n) is 6.25. The molecule has 151 valence electrons. The Morgan fingerprint density at radius 2 is 1.77 bits per heavy atom. The van der Waals surface area contributed by atoms with E-state index in [2.05, 4.69) is 15.0 Å². The van der Waals surface area contributed by atoms with Crippen LogP contribution in [0.3, 0.4) is 0 Å². The molecule has 0 saturated heterocycles. The van der Waals surface area contributed by atoms with Gasteiger partial charge in [0.15, 0.2) is 0 Å². The van der Waals surface area contributed by atoms with Crippen molar-refractivity contribution in [1.29, 1.82) is 0 Å². The fourth-order valence-electron chi connectivity index (χ4n) is 2.90. The molecular formula is C21H16N3O6. The van der Waals surface area contributed by atoms with Crippen molar-refractivity contribution in [3.63, 3.8) is 0 Å². The smallest absolute Gasteiger partial charge is 0.354 e. The van der Waals surface area contributed by atoms with Gasteiger partial charge in [0.25, 0.3) is 0 Å². The minimum atomic E-state index is -1.30. The molecule has 9 nitrogen and oxygen atoms in total. The zero-order chi connectivity index (χ0) is 21.7. The van der Waals surface area contributed by atoms with E-state index >= 15 is 0 Å². The number of nitrogens with zero attached hydrogens (tertiary/aromatic N) is 3. The lowest BCUT2D eigenvalue weighted by Gasteiger charge is -2.15. The molecule has 1 radical (unpaired) electrons. The molecule has 0 bridgehead atoms. The zero-order valence-corrected chi connectivity index (χ0v) is 15.5. The van der Waals surface area contributed by atoms with Crippen LogP contribution in [0.1, 0.15) is 49.4 Å². The number of aromatic carboxylic acids is 2. The first kappa shape index (κ1) is 20.6. The van der Waals surface area contributed by atoms with Crippen LogP contribution in [-0.2, 0) is 11.2 Å². The lowest BCUT2D eigenvalue weighted by molar-refractivity contribution is -0.137. The maximum absolute atomic E-state index is 11.9. The average Bonchev–Trinajstić information content (AvgIpc) is 2.73. The summed E-state index contributed by atoms with van der Waals surface area (Å²) < 4.78 is 0. The van der Waals surface area contributed by atoms with Gasteiger partial charge in [-0.3, -0.25) is 14.8 Å². The Morgan fingerprint density at radius 3 is 2.40 bits per heavy atom. The van der Waals surface area contributed by atoms with Crippen molar-refractivity contribution >= 4 is 17.9 Å². The summed E-state index contributed by atoms with van der Waals surface area (Å²) >= 11 is 0. The molecule has 0 fully saturated rings. The molecule has 0 aliphatic heterocycles. The van der Waals surface area contributed by atoms with Gasteiger partial charge in [0.05, 0.1) is 11.3 Å². The Morgan fingerprint density at radius 1 is 0.967 bits per heavy atom. The number of pyridine rings is 3. The maximum Gasteiger partial charge on any atom is 0.354 e. The number of carboxylic acid groups (broad SMARTS) is 3. The Kier molecular flexibility index (Phi) is 6.11. The van der Waals surface area contributed by atoms with Gasteiger partial charge < -0.3 is 15.3 Å². The molecule has 3 aromatic rings. The van der Waals surface area contributed by atoms with Crippen molar-refractivity contribution in [2.24, 2.45) is 0 Å². The van der Waals surface area contributed by atoms with E-state index in [1.807, 2.05) is 0 Å². The van der Waals surface area contributed by atoms with Crippen LogP contribution in [0.2, 0.25) is 0 Å². The Balaban J connectivity index is 1.94. The van der Waals surface area contributed by atoms with Crippen LogP contribution < -0.4 is 0 Å². The van der Waals surface area contributed by atoms with Crippen LogP contribution >= 0.6 is 0 Å². The average molecular weight is 406 g/mol. The highest BCUT2D eigenvalue weighted by molar-refractivity contribution is 5.92. The molecule has 0 aliphatic carbocycles. The summed E-state index contributed by atoms with van der Waals surface area (Å²) in [5.41, 5.74) is 0.704. The summed E-state index contributed by atoms with van der Waals surface area (Å²) in [5, 5.41) is 28.3. The summed E-state index contributed by atoms with van der Waals surface area (Å²) in [7, 11) is 0. The SMILES string of the molecule is O=C(O)c1cccc(C[CH]c2cc(C(C(=O)O)c3ccccn3)c(C(=O)O)cn2)n1. The van der Waals surface area contributed by atoms with E-state index in [0.717, 1.165) is 6.20 Å². The van der Waals surface area contributed by atoms with E-state index in [1.54, 1.807) is 30.7 Å². The maximum atomic E-state index is 11.9. The van der Waals surface area contributed by atoms with Crippen molar-refractivity contribution in [2.75, 3.05) is 0 Å².